The van der Waals surface area contributed by atoms with Gasteiger partial charge in [0.1, 0.15) is 0 Å². The maximum Gasteiger partial charge on any atom is 0.251 e. The molecule has 0 heterocycles. The molecule has 0 saturated carbocycles. The van der Waals surface area contributed by atoms with Crippen LogP contribution in [0.3, 0.4) is 0 Å². The number of nitrogens with one attached hydrogen (secondary N) is 2. The summed E-state index contributed by atoms with van der Waals surface area (Å²) in [5.41, 5.74) is 1.90. The number of hydrogen-bond acceptors (Lipinski definition) is 2. The molecule has 1 rings (SSSR count). The Morgan fingerprint density at radius 1 is 1.15 bits per heavy atom. The van der Waals surface area contributed by atoms with Crippen molar-refractivity contribution in [2.45, 2.75) is 52.5 Å². The minimum Gasteiger partial charge on any atom is -0.351 e. The molecule has 0 spiro atoms. The molecule has 1 aromatic carbocycles. The van der Waals surface area contributed by atoms with Crippen LogP contribution >= 0.6 is 0 Å². The van der Waals surface area contributed by atoms with E-state index in [1.807, 2.05) is 31.2 Å². The van der Waals surface area contributed by atoms with E-state index in [0.717, 1.165) is 12.1 Å². The molecule has 0 aliphatic carbocycles. The summed E-state index contributed by atoms with van der Waals surface area (Å²) in [6.45, 7) is 7.94. The molecule has 3 heteroatoms. The summed E-state index contributed by atoms with van der Waals surface area (Å²) in [7, 11) is 0. The number of carbonyl (C=O) groups excluding carboxylic acids is 1. The van der Waals surface area contributed by atoms with E-state index in [1.165, 1.54) is 31.2 Å². The molecule has 1 amide bonds. The summed E-state index contributed by atoms with van der Waals surface area (Å²) >= 11 is 0. The van der Waals surface area contributed by atoms with Gasteiger partial charge in [-0.3, -0.25) is 4.79 Å². The fraction of sp³-hybridized carbons (Fsp3) is 0.588. The Labute approximate surface area is 123 Å². The molecule has 0 aromatic heterocycles. The van der Waals surface area contributed by atoms with E-state index < -0.39 is 0 Å². The second-order valence-corrected chi connectivity index (χ2v) is 5.47. The van der Waals surface area contributed by atoms with Crippen molar-refractivity contribution in [1.82, 2.24) is 10.6 Å². The van der Waals surface area contributed by atoms with E-state index in [1.54, 1.807) is 0 Å². The van der Waals surface area contributed by atoms with Gasteiger partial charge in [0.15, 0.2) is 0 Å². The molecule has 112 valence electrons. The molecule has 0 saturated heterocycles. The highest BCUT2D eigenvalue weighted by Crippen LogP contribution is 2.03. The second-order valence-electron chi connectivity index (χ2n) is 5.47. The zero-order valence-corrected chi connectivity index (χ0v) is 13.0. The number of benzene rings is 1. The van der Waals surface area contributed by atoms with Crippen LogP contribution in [0.2, 0.25) is 0 Å². The second kappa shape index (κ2) is 9.54. The lowest BCUT2D eigenvalue weighted by Gasteiger charge is -2.13. The van der Waals surface area contributed by atoms with Crippen molar-refractivity contribution in [2.75, 3.05) is 13.1 Å². The predicted octanol–water partition coefficient (Wildman–Crippen LogP) is 3.28. The van der Waals surface area contributed by atoms with Crippen molar-refractivity contribution in [3.63, 3.8) is 0 Å². The first-order valence-corrected chi connectivity index (χ1v) is 7.71. The van der Waals surface area contributed by atoms with Gasteiger partial charge in [0.25, 0.3) is 5.91 Å². The molecule has 1 unspecified atom stereocenters. The van der Waals surface area contributed by atoms with Gasteiger partial charge in [0.05, 0.1) is 0 Å². The summed E-state index contributed by atoms with van der Waals surface area (Å²) in [5, 5.41) is 6.38. The van der Waals surface area contributed by atoms with Gasteiger partial charge in [0, 0.05) is 24.7 Å². The molecular formula is C17H28N2O. The van der Waals surface area contributed by atoms with Crippen molar-refractivity contribution in [3.05, 3.63) is 35.4 Å². The highest BCUT2D eigenvalue weighted by atomic mass is 16.1. The quantitative estimate of drug-likeness (QED) is 0.680. The first kappa shape index (κ1) is 16.7. The summed E-state index contributed by atoms with van der Waals surface area (Å²) < 4.78 is 0. The topological polar surface area (TPSA) is 41.1 Å². The van der Waals surface area contributed by atoms with Gasteiger partial charge in [-0.15, -0.1) is 0 Å². The van der Waals surface area contributed by atoms with Gasteiger partial charge in [-0.05, 0) is 32.4 Å². The third-order valence-corrected chi connectivity index (χ3v) is 3.46. The van der Waals surface area contributed by atoms with Crippen LogP contribution in [0, 0.1) is 6.92 Å². The molecule has 3 nitrogen and oxygen atoms in total. The molecule has 0 bridgehead atoms. The largest absolute Gasteiger partial charge is 0.351 e. The smallest absolute Gasteiger partial charge is 0.251 e. The van der Waals surface area contributed by atoms with Gasteiger partial charge < -0.3 is 10.6 Å². The first-order chi connectivity index (χ1) is 9.63. The average molecular weight is 276 g/mol. The van der Waals surface area contributed by atoms with Crippen LogP contribution < -0.4 is 10.6 Å². The van der Waals surface area contributed by atoms with Gasteiger partial charge in [0.2, 0.25) is 0 Å². The molecule has 2 N–H and O–H groups in total. The Balaban J connectivity index is 2.14. The van der Waals surface area contributed by atoms with E-state index in [-0.39, 0.29) is 5.91 Å². The van der Waals surface area contributed by atoms with Crippen molar-refractivity contribution in [3.8, 4) is 0 Å². The van der Waals surface area contributed by atoms with Crippen LogP contribution in [0.5, 0.6) is 0 Å². The average Bonchev–Trinajstić information content (AvgIpc) is 2.44. The number of unbranched alkanes of at least 4 members (excludes halogenated alkanes) is 2. The van der Waals surface area contributed by atoms with E-state index in [4.69, 9.17) is 0 Å². The summed E-state index contributed by atoms with van der Waals surface area (Å²) in [6.07, 6.45) is 5.05. The molecule has 0 aliphatic rings. The Morgan fingerprint density at radius 3 is 2.50 bits per heavy atom. The van der Waals surface area contributed by atoms with E-state index >= 15 is 0 Å². The standard InChI is InChI=1S/C17H28N2O/c1-4-5-6-7-15(3)18-12-13-19-17(20)16-10-8-14(2)9-11-16/h8-11,15,18H,4-7,12-13H2,1-3H3,(H,19,20). The first-order valence-electron chi connectivity index (χ1n) is 7.71. The molecule has 1 aromatic rings. The monoisotopic (exact) mass is 276 g/mol. The third kappa shape index (κ3) is 6.71. The predicted molar refractivity (Wildman–Crippen MR) is 85.1 cm³/mol. The fourth-order valence-electron chi connectivity index (χ4n) is 2.10. The maximum atomic E-state index is 11.9. The normalized spacial score (nSPS) is 12.2. The SMILES string of the molecule is CCCCCC(C)NCCNC(=O)c1ccc(C)cc1. The number of aryl methyl sites for hydroxylation is 1. The molecule has 0 fully saturated rings. The van der Waals surface area contributed by atoms with Gasteiger partial charge in [-0.2, -0.15) is 0 Å². The Bertz CT molecular complexity index is 386. The Kier molecular flexibility index (Phi) is 7.97. The number of amides is 1. The number of carbonyl (C=O) groups is 1. The van der Waals surface area contributed by atoms with Crippen LogP contribution in [-0.2, 0) is 0 Å². The van der Waals surface area contributed by atoms with Gasteiger partial charge >= 0.3 is 0 Å². The lowest BCUT2D eigenvalue weighted by Crippen LogP contribution is -2.35. The minimum absolute atomic E-state index is 0.00503. The summed E-state index contributed by atoms with van der Waals surface area (Å²) in [5.74, 6) is 0.00503. The van der Waals surface area contributed by atoms with E-state index in [0.29, 0.717) is 12.6 Å². The van der Waals surface area contributed by atoms with Crippen LogP contribution in [0.4, 0.5) is 0 Å². The number of rotatable bonds is 9. The van der Waals surface area contributed by atoms with Crippen LogP contribution in [0.15, 0.2) is 24.3 Å². The van der Waals surface area contributed by atoms with Crippen molar-refractivity contribution in [1.29, 1.82) is 0 Å². The van der Waals surface area contributed by atoms with E-state index in [9.17, 15) is 4.79 Å². The van der Waals surface area contributed by atoms with E-state index in [2.05, 4.69) is 24.5 Å². The highest BCUT2D eigenvalue weighted by molar-refractivity contribution is 5.94. The van der Waals surface area contributed by atoms with Gasteiger partial charge in [-0.25, -0.2) is 0 Å². The zero-order valence-electron chi connectivity index (χ0n) is 13.0. The summed E-state index contributed by atoms with van der Waals surface area (Å²) in [4.78, 5) is 11.9. The maximum absolute atomic E-state index is 11.9. The van der Waals surface area contributed by atoms with Crippen LogP contribution in [0.25, 0.3) is 0 Å². The summed E-state index contributed by atoms with van der Waals surface area (Å²) in [6, 6.07) is 8.18. The highest BCUT2D eigenvalue weighted by Gasteiger charge is 2.04. The minimum atomic E-state index is 0.00503. The van der Waals surface area contributed by atoms with Gasteiger partial charge in [-0.1, -0.05) is 43.9 Å². The number of hydrogen-bond donors (Lipinski definition) is 2. The molecule has 0 radical (unpaired) electrons. The lowest BCUT2D eigenvalue weighted by atomic mass is 10.1. The molecule has 0 aliphatic heterocycles. The fourth-order valence-corrected chi connectivity index (χ4v) is 2.10. The lowest BCUT2D eigenvalue weighted by molar-refractivity contribution is 0.0953. The molecule has 1 atom stereocenters. The Hall–Kier alpha value is -1.35. The molecular weight excluding hydrogens is 248 g/mol. The molecule has 20 heavy (non-hydrogen) atoms. The Morgan fingerprint density at radius 2 is 1.85 bits per heavy atom. The third-order valence-electron chi connectivity index (χ3n) is 3.46. The van der Waals surface area contributed by atoms with Crippen molar-refractivity contribution < 1.29 is 4.79 Å². The van der Waals surface area contributed by atoms with Crippen LogP contribution in [-0.4, -0.2) is 25.0 Å². The zero-order chi connectivity index (χ0) is 14.8. The van der Waals surface area contributed by atoms with Crippen LogP contribution in [0.1, 0.15) is 55.5 Å². The van der Waals surface area contributed by atoms with Crippen molar-refractivity contribution >= 4 is 5.91 Å². The van der Waals surface area contributed by atoms with Crippen molar-refractivity contribution in [2.24, 2.45) is 0 Å².